The summed E-state index contributed by atoms with van der Waals surface area (Å²) in [7, 11) is -3.36. The maximum atomic E-state index is 12.1. The molecule has 0 fully saturated rings. The molecule has 0 radical (unpaired) electrons. The molecule has 0 unspecified atom stereocenters. The fourth-order valence-electron chi connectivity index (χ4n) is 2.47. The van der Waals surface area contributed by atoms with E-state index in [9.17, 15) is 13.2 Å². The van der Waals surface area contributed by atoms with E-state index in [4.69, 9.17) is 0 Å². The fraction of sp³-hybridized carbons (Fsp3) is 0.222. The van der Waals surface area contributed by atoms with Crippen LogP contribution >= 0.6 is 11.8 Å². The van der Waals surface area contributed by atoms with Gasteiger partial charge in [-0.2, -0.15) is 0 Å². The molecular formula is C18H19N5O3S2. The number of carbonyl (C=O) groups is 1. The van der Waals surface area contributed by atoms with Crippen molar-refractivity contribution < 1.29 is 13.2 Å². The Labute approximate surface area is 167 Å². The van der Waals surface area contributed by atoms with Crippen LogP contribution in [-0.4, -0.2) is 46.1 Å². The van der Waals surface area contributed by atoms with Crippen LogP contribution in [0, 0.1) is 0 Å². The highest BCUT2D eigenvalue weighted by molar-refractivity contribution is 7.99. The third kappa shape index (κ3) is 4.76. The quantitative estimate of drug-likeness (QED) is 0.589. The molecule has 146 valence electrons. The predicted molar refractivity (Wildman–Crippen MR) is 108 cm³/mol. The Balaban J connectivity index is 1.72. The molecule has 1 amide bonds. The second-order valence-electron chi connectivity index (χ2n) is 5.91. The Hall–Kier alpha value is -2.72. The lowest BCUT2D eigenvalue weighted by Crippen LogP contribution is -2.14. The van der Waals surface area contributed by atoms with E-state index in [0.717, 1.165) is 11.9 Å². The van der Waals surface area contributed by atoms with Gasteiger partial charge in [0.05, 0.1) is 5.75 Å². The molecule has 3 aromatic rings. The standard InChI is InChI=1S/C18H19N5O3S2/c1-3-23-17(13-9-10-16(19-11-13)28(2,25)26)21-22-18(23)27-12-15(24)20-14-7-5-4-6-8-14/h4-11H,3,12H2,1-2H3,(H,20,24). The lowest BCUT2D eigenvalue weighted by Gasteiger charge is -2.08. The summed E-state index contributed by atoms with van der Waals surface area (Å²) in [4.78, 5) is 16.1. The van der Waals surface area contributed by atoms with E-state index in [-0.39, 0.29) is 16.7 Å². The number of nitrogens with zero attached hydrogens (tertiary/aromatic N) is 4. The van der Waals surface area contributed by atoms with E-state index < -0.39 is 9.84 Å². The number of thioether (sulfide) groups is 1. The van der Waals surface area contributed by atoms with Crippen molar-refractivity contribution in [1.29, 1.82) is 0 Å². The monoisotopic (exact) mass is 417 g/mol. The van der Waals surface area contributed by atoms with Gasteiger partial charge in [0.15, 0.2) is 25.8 Å². The van der Waals surface area contributed by atoms with Crippen LogP contribution in [-0.2, 0) is 21.2 Å². The molecule has 0 atom stereocenters. The topological polar surface area (TPSA) is 107 Å². The molecule has 0 saturated carbocycles. The number of pyridine rings is 1. The zero-order chi connectivity index (χ0) is 20.1. The second kappa shape index (κ2) is 8.53. The van der Waals surface area contributed by atoms with Gasteiger partial charge in [-0.25, -0.2) is 13.4 Å². The molecule has 1 N–H and O–H groups in total. The van der Waals surface area contributed by atoms with Crippen molar-refractivity contribution in [3.8, 4) is 11.4 Å². The molecule has 0 aliphatic rings. The van der Waals surface area contributed by atoms with E-state index >= 15 is 0 Å². The van der Waals surface area contributed by atoms with Crippen LogP contribution in [0.3, 0.4) is 0 Å². The number of hydrogen-bond donors (Lipinski definition) is 1. The molecule has 10 heteroatoms. The molecule has 0 aliphatic carbocycles. The highest BCUT2D eigenvalue weighted by atomic mass is 32.2. The van der Waals surface area contributed by atoms with Gasteiger partial charge in [-0.3, -0.25) is 4.79 Å². The summed E-state index contributed by atoms with van der Waals surface area (Å²) in [5.74, 6) is 0.627. The average molecular weight is 418 g/mol. The summed E-state index contributed by atoms with van der Waals surface area (Å²) in [6.07, 6.45) is 2.57. The van der Waals surface area contributed by atoms with Gasteiger partial charge in [-0.15, -0.1) is 10.2 Å². The third-order valence-corrected chi connectivity index (χ3v) is 5.77. The zero-order valence-electron chi connectivity index (χ0n) is 15.4. The summed E-state index contributed by atoms with van der Waals surface area (Å²) in [6.45, 7) is 2.54. The van der Waals surface area contributed by atoms with Crippen LogP contribution < -0.4 is 5.32 Å². The minimum absolute atomic E-state index is 0.00555. The van der Waals surface area contributed by atoms with Gasteiger partial charge in [0.1, 0.15) is 0 Å². The van der Waals surface area contributed by atoms with E-state index in [2.05, 4.69) is 20.5 Å². The predicted octanol–water partition coefficient (Wildman–Crippen LogP) is 2.49. The number of hydrogen-bond acceptors (Lipinski definition) is 7. The highest BCUT2D eigenvalue weighted by Gasteiger charge is 2.16. The first-order valence-electron chi connectivity index (χ1n) is 8.46. The smallest absolute Gasteiger partial charge is 0.234 e. The minimum atomic E-state index is -3.36. The van der Waals surface area contributed by atoms with Crippen molar-refractivity contribution in [2.75, 3.05) is 17.3 Å². The molecule has 0 aliphatic heterocycles. The van der Waals surface area contributed by atoms with E-state index in [0.29, 0.717) is 23.1 Å². The Bertz CT molecular complexity index is 1060. The fourth-order valence-corrected chi connectivity index (χ4v) is 3.84. The average Bonchev–Trinajstić information content (AvgIpc) is 3.09. The first kappa shape index (κ1) is 20.0. The first-order chi connectivity index (χ1) is 13.4. The van der Waals surface area contributed by atoms with Crippen LogP contribution in [0.1, 0.15) is 6.92 Å². The molecule has 3 rings (SSSR count). The van der Waals surface area contributed by atoms with E-state index in [1.54, 1.807) is 6.07 Å². The third-order valence-electron chi connectivity index (χ3n) is 3.80. The highest BCUT2D eigenvalue weighted by Crippen LogP contribution is 2.24. The van der Waals surface area contributed by atoms with Crippen molar-refractivity contribution in [2.24, 2.45) is 0 Å². The van der Waals surface area contributed by atoms with Crippen LogP contribution in [0.5, 0.6) is 0 Å². The number of para-hydroxylation sites is 1. The van der Waals surface area contributed by atoms with Crippen molar-refractivity contribution in [1.82, 2.24) is 19.7 Å². The number of aromatic nitrogens is 4. The Morgan fingerprint density at radius 3 is 2.50 bits per heavy atom. The Morgan fingerprint density at radius 1 is 1.14 bits per heavy atom. The van der Waals surface area contributed by atoms with Crippen molar-refractivity contribution in [2.45, 2.75) is 23.7 Å². The summed E-state index contributed by atoms with van der Waals surface area (Å²) < 4.78 is 25.0. The molecule has 2 heterocycles. The molecule has 2 aromatic heterocycles. The Kier molecular flexibility index (Phi) is 6.10. The summed E-state index contributed by atoms with van der Waals surface area (Å²) in [6, 6.07) is 12.3. The van der Waals surface area contributed by atoms with Gasteiger partial charge in [0.25, 0.3) is 0 Å². The largest absolute Gasteiger partial charge is 0.325 e. The van der Waals surface area contributed by atoms with E-state index in [1.165, 1.54) is 24.0 Å². The van der Waals surface area contributed by atoms with Crippen LogP contribution in [0.15, 0.2) is 58.8 Å². The zero-order valence-corrected chi connectivity index (χ0v) is 17.0. The van der Waals surface area contributed by atoms with Gasteiger partial charge in [0, 0.05) is 30.2 Å². The number of benzene rings is 1. The number of nitrogens with one attached hydrogen (secondary N) is 1. The molecule has 1 aromatic carbocycles. The first-order valence-corrected chi connectivity index (χ1v) is 11.3. The second-order valence-corrected chi connectivity index (χ2v) is 8.82. The normalized spacial score (nSPS) is 11.4. The number of rotatable bonds is 7. The maximum Gasteiger partial charge on any atom is 0.234 e. The van der Waals surface area contributed by atoms with Crippen LogP contribution in [0.4, 0.5) is 5.69 Å². The lowest BCUT2D eigenvalue weighted by molar-refractivity contribution is -0.113. The summed E-state index contributed by atoms with van der Waals surface area (Å²) >= 11 is 1.28. The minimum Gasteiger partial charge on any atom is -0.325 e. The van der Waals surface area contributed by atoms with Crippen molar-refractivity contribution in [3.63, 3.8) is 0 Å². The maximum absolute atomic E-state index is 12.1. The van der Waals surface area contributed by atoms with Gasteiger partial charge in [-0.05, 0) is 31.2 Å². The van der Waals surface area contributed by atoms with Crippen molar-refractivity contribution in [3.05, 3.63) is 48.7 Å². The number of anilines is 1. The molecule has 0 bridgehead atoms. The number of carbonyl (C=O) groups excluding carboxylic acids is 1. The number of sulfone groups is 1. The molecule has 0 saturated heterocycles. The molecule has 28 heavy (non-hydrogen) atoms. The molecule has 0 spiro atoms. The van der Waals surface area contributed by atoms with Gasteiger partial charge < -0.3 is 9.88 Å². The molecule has 8 nitrogen and oxygen atoms in total. The summed E-state index contributed by atoms with van der Waals surface area (Å²) in [5, 5.41) is 11.8. The molecular weight excluding hydrogens is 398 g/mol. The van der Waals surface area contributed by atoms with Crippen LogP contribution in [0.25, 0.3) is 11.4 Å². The summed E-state index contributed by atoms with van der Waals surface area (Å²) in [5.41, 5.74) is 1.39. The van der Waals surface area contributed by atoms with Crippen LogP contribution in [0.2, 0.25) is 0 Å². The van der Waals surface area contributed by atoms with Crippen molar-refractivity contribution >= 4 is 33.2 Å². The van der Waals surface area contributed by atoms with Gasteiger partial charge in [-0.1, -0.05) is 30.0 Å². The Morgan fingerprint density at radius 2 is 1.89 bits per heavy atom. The van der Waals surface area contributed by atoms with E-state index in [1.807, 2.05) is 41.8 Å². The van der Waals surface area contributed by atoms with Gasteiger partial charge >= 0.3 is 0 Å². The number of amides is 1. The lowest BCUT2D eigenvalue weighted by atomic mass is 10.3. The SMILES string of the molecule is CCn1c(SCC(=O)Nc2ccccc2)nnc1-c1ccc(S(C)(=O)=O)nc1. The van der Waals surface area contributed by atoms with Gasteiger partial charge in [0.2, 0.25) is 5.91 Å².